The van der Waals surface area contributed by atoms with Crippen molar-refractivity contribution in [1.29, 1.82) is 0 Å². The van der Waals surface area contributed by atoms with Gasteiger partial charge in [0.1, 0.15) is 5.75 Å². The van der Waals surface area contributed by atoms with E-state index in [2.05, 4.69) is 5.32 Å². The van der Waals surface area contributed by atoms with Crippen molar-refractivity contribution < 1.29 is 17.9 Å². The van der Waals surface area contributed by atoms with Gasteiger partial charge in [0.05, 0.1) is 18.0 Å². The van der Waals surface area contributed by atoms with Crippen LogP contribution in [-0.2, 0) is 14.8 Å². The molecular formula is C22H28N2O4S. The number of carbonyl (C=O) groups excluding carboxylic acids is 1. The van der Waals surface area contributed by atoms with Crippen molar-refractivity contribution in [3.05, 3.63) is 65.7 Å². The van der Waals surface area contributed by atoms with E-state index in [0.29, 0.717) is 13.1 Å². The van der Waals surface area contributed by atoms with Gasteiger partial charge in [-0.15, -0.1) is 0 Å². The third-order valence-corrected chi connectivity index (χ3v) is 6.69. The second kappa shape index (κ2) is 10.2. The fraction of sp³-hybridized carbons (Fsp3) is 0.318. The van der Waals surface area contributed by atoms with Crippen molar-refractivity contribution in [3.63, 3.8) is 0 Å². The molecule has 1 amide bonds. The molecule has 1 atom stereocenters. The van der Waals surface area contributed by atoms with Gasteiger partial charge in [0.25, 0.3) is 0 Å². The molecule has 7 heteroatoms. The fourth-order valence-corrected chi connectivity index (χ4v) is 4.33. The third-order valence-electron chi connectivity index (χ3n) is 4.63. The molecule has 0 aliphatic rings. The number of methoxy groups -OCH3 is 1. The first kappa shape index (κ1) is 22.6. The number of rotatable bonds is 9. The zero-order chi connectivity index (χ0) is 21.4. The number of nitrogens with zero attached hydrogens (tertiary/aromatic N) is 1. The number of hydrogen-bond acceptors (Lipinski definition) is 4. The van der Waals surface area contributed by atoms with E-state index in [0.717, 1.165) is 16.9 Å². The van der Waals surface area contributed by atoms with E-state index in [1.165, 1.54) is 10.4 Å². The van der Waals surface area contributed by atoms with Gasteiger partial charge in [-0.05, 0) is 48.4 Å². The minimum absolute atomic E-state index is 0.229. The Hall–Kier alpha value is -2.64. The molecule has 0 spiro atoms. The molecule has 0 bridgehead atoms. The molecule has 0 unspecified atom stereocenters. The maximum atomic E-state index is 12.6. The average Bonchev–Trinajstić information content (AvgIpc) is 2.73. The molecule has 0 fully saturated rings. The number of hydrogen-bond donors (Lipinski definition) is 1. The highest BCUT2D eigenvalue weighted by atomic mass is 32.2. The Balaban J connectivity index is 2.02. The Morgan fingerprint density at radius 1 is 1.07 bits per heavy atom. The summed E-state index contributed by atoms with van der Waals surface area (Å²) < 4.78 is 31.6. The van der Waals surface area contributed by atoms with Gasteiger partial charge in [-0.25, -0.2) is 8.42 Å². The number of carbonyl (C=O) groups is 1. The lowest BCUT2D eigenvalue weighted by molar-refractivity contribution is -0.117. The summed E-state index contributed by atoms with van der Waals surface area (Å²) in [5.41, 5.74) is 1.72. The number of benzene rings is 2. The second-order valence-corrected chi connectivity index (χ2v) is 8.43. The van der Waals surface area contributed by atoms with Crippen LogP contribution >= 0.6 is 0 Å². The molecule has 2 rings (SSSR count). The molecule has 0 heterocycles. The van der Waals surface area contributed by atoms with E-state index in [4.69, 9.17) is 4.74 Å². The van der Waals surface area contributed by atoms with Crippen LogP contribution in [0.4, 0.5) is 0 Å². The second-order valence-electron chi connectivity index (χ2n) is 6.50. The lowest BCUT2D eigenvalue weighted by Crippen LogP contribution is -2.30. The Morgan fingerprint density at radius 2 is 1.66 bits per heavy atom. The molecule has 6 nitrogen and oxygen atoms in total. The van der Waals surface area contributed by atoms with E-state index in [-0.39, 0.29) is 16.8 Å². The van der Waals surface area contributed by atoms with Crippen LogP contribution in [0, 0.1) is 0 Å². The molecule has 0 saturated carbocycles. The van der Waals surface area contributed by atoms with Crippen molar-refractivity contribution in [3.8, 4) is 5.75 Å². The molecule has 0 radical (unpaired) electrons. The Morgan fingerprint density at radius 3 is 2.17 bits per heavy atom. The van der Waals surface area contributed by atoms with Gasteiger partial charge in [0, 0.05) is 19.2 Å². The molecule has 2 aromatic carbocycles. The predicted octanol–water partition coefficient (Wildman–Crippen LogP) is 3.62. The van der Waals surface area contributed by atoms with Gasteiger partial charge in [0.15, 0.2) is 0 Å². The summed E-state index contributed by atoms with van der Waals surface area (Å²) in [5, 5.41) is 2.88. The summed E-state index contributed by atoms with van der Waals surface area (Å²) in [7, 11) is -1.88. The van der Waals surface area contributed by atoms with Crippen molar-refractivity contribution in [2.24, 2.45) is 0 Å². The molecule has 0 aliphatic carbocycles. The molecule has 156 valence electrons. The van der Waals surface area contributed by atoms with E-state index < -0.39 is 10.0 Å². The molecule has 1 N–H and O–H groups in total. The van der Waals surface area contributed by atoms with Crippen molar-refractivity contribution in [2.45, 2.75) is 31.7 Å². The monoisotopic (exact) mass is 416 g/mol. The summed E-state index contributed by atoms with van der Waals surface area (Å²) in [6.45, 7) is 6.33. The lowest BCUT2D eigenvalue weighted by atomic mass is 10.1. The SMILES string of the molecule is CCN(CC)S(=O)(=O)c1ccc([C@H](C)NC(=O)/C=C/c2ccc(OC)cc2)cc1. The molecular weight excluding hydrogens is 388 g/mol. The van der Waals surface area contributed by atoms with Gasteiger partial charge in [-0.2, -0.15) is 4.31 Å². The molecule has 29 heavy (non-hydrogen) atoms. The van der Waals surface area contributed by atoms with Crippen molar-refractivity contribution in [2.75, 3.05) is 20.2 Å². The maximum absolute atomic E-state index is 12.6. The van der Waals surface area contributed by atoms with Gasteiger partial charge in [-0.1, -0.05) is 38.1 Å². The zero-order valence-corrected chi connectivity index (χ0v) is 18.1. The number of nitrogens with one attached hydrogen (secondary N) is 1. The van der Waals surface area contributed by atoms with Crippen LogP contribution in [0.3, 0.4) is 0 Å². The summed E-state index contributed by atoms with van der Waals surface area (Å²) >= 11 is 0. The van der Waals surface area contributed by atoms with E-state index in [1.807, 2.05) is 45.0 Å². The van der Waals surface area contributed by atoms with E-state index in [1.54, 1.807) is 37.5 Å². The summed E-state index contributed by atoms with van der Waals surface area (Å²) in [5.74, 6) is 0.528. The quantitative estimate of drug-likeness (QED) is 0.634. The topological polar surface area (TPSA) is 75.7 Å². The van der Waals surface area contributed by atoms with Crippen LogP contribution in [0.5, 0.6) is 5.75 Å². The summed E-state index contributed by atoms with van der Waals surface area (Å²) in [4.78, 5) is 12.4. The van der Waals surface area contributed by atoms with Gasteiger partial charge in [-0.3, -0.25) is 4.79 Å². The number of ether oxygens (including phenoxy) is 1. The summed E-state index contributed by atoms with van der Waals surface area (Å²) in [6.07, 6.45) is 3.19. The predicted molar refractivity (Wildman–Crippen MR) is 115 cm³/mol. The van der Waals surface area contributed by atoms with Crippen LogP contribution < -0.4 is 10.1 Å². The minimum atomic E-state index is -3.49. The standard InChI is InChI=1S/C22H28N2O4S/c1-5-24(6-2)29(26,27)21-14-10-19(11-15-21)17(3)23-22(25)16-9-18-7-12-20(28-4)13-8-18/h7-17H,5-6H2,1-4H3,(H,23,25)/b16-9+/t17-/m0/s1. The van der Waals surface area contributed by atoms with Gasteiger partial charge >= 0.3 is 0 Å². The third kappa shape index (κ3) is 5.92. The van der Waals surface area contributed by atoms with Gasteiger partial charge in [0.2, 0.25) is 15.9 Å². The van der Waals surface area contributed by atoms with Crippen molar-refractivity contribution >= 4 is 22.0 Å². The first-order chi connectivity index (χ1) is 13.8. The van der Waals surface area contributed by atoms with Crippen LogP contribution in [0.25, 0.3) is 6.08 Å². The number of amides is 1. The molecule has 0 aliphatic heterocycles. The molecule has 0 aromatic heterocycles. The highest BCUT2D eigenvalue weighted by Crippen LogP contribution is 2.19. The lowest BCUT2D eigenvalue weighted by Gasteiger charge is -2.19. The highest BCUT2D eigenvalue weighted by Gasteiger charge is 2.21. The van der Waals surface area contributed by atoms with Crippen LogP contribution in [-0.4, -0.2) is 38.8 Å². The summed E-state index contributed by atoms with van der Waals surface area (Å²) in [6, 6.07) is 13.7. The first-order valence-electron chi connectivity index (χ1n) is 9.54. The van der Waals surface area contributed by atoms with E-state index >= 15 is 0 Å². The largest absolute Gasteiger partial charge is 0.497 e. The normalized spacial score (nSPS) is 12.9. The maximum Gasteiger partial charge on any atom is 0.244 e. The number of sulfonamides is 1. The fourth-order valence-electron chi connectivity index (χ4n) is 2.87. The Kier molecular flexibility index (Phi) is 7.99. The van der Waals surface area contributed by atoms with E-state index in [9.17, 15) is 13.2 Å². The zero-order valence-electron chi connectivity index (χ0n) is 17.3. The van der Waals surface area contributed by atoms with Crippen molar-refractivity contribution in [1.82, 2.24) is 9.62 Å². The Labute approximate surface area is 173 Å². The van der Waals surface area contributed by atoms with Gasteiger partial charge < -0.3 is 10.1 Å². The first-order valence-corrected chi connectivity index (χ1v) is 11.0. The average molecular weight is 417 g/mol. The minimum Gasteiger partial charge on any atom is -0.497 e. The van der Waals surface area contributed by atoms with Crippen LogP contribution in [0.15, 0.2) is 59.5 Å². The van der Waals surface area contributed by atoms with Crippen LogP contribution in [0.2, 0.25) is 0 Å². The Bertz CT molecular complexity index is 932. The highest BCUT2D eigenvalue weighted by molar-refractivity contribution is 7.89. The molecule has 2 aromatic rings. The van der Waals surface area contributed by atoms with Crippen LogP contribution in [0.1, 0.15) is 37.9 Å². The smallest absolute Gasteiger partial charge is 0.244 e. The molecule has 0 saturated heterocycles.